The van der Waals surface area contributed by atoms with Crippen LogP contribution in [0.4, 0.5) is 5.69 Å². The van der Waals surface area contributed by atoms with Gasteiger partial charge >= 0.3 is 0 Å². The number of nitrogens with two attached hydrogens (primary N) is 1. The molecule has 0 atom stereocenters. The van der Waals surface area contributed by atoms with E-state index in [9.17, 15) is 18.5 Å². The lowest BCUT2D eigenvalue weighted by Crippen LogP contribution is -2.49. The Morgan fingerprint density at radius 2 is 1.80 bits per heavy atom. The summed E-state index contributed by atoms with van der Waals surface area (Å²) in [6, 6.07) is 14.2. The number of amides is 1. The maximum atomic E-state index is 12.6. The molecule has 9 heteroatoms. The summed E-state index contributed by atoms with van der Waals surface area (Å²) in [7, 11) is -2.38. The van der Waals surface area contributed by atoms with Crippen LogP contribution in [0.25, 0.3) is 0 Å². The number of aryl methyl sites for hydroxylation is 1. The van der Waals surface area contributed by atoms with Gasteiger partial charge in [0.1, 0.15) is 16.7 Å². The van der Waals surface area contributed by atoms with Crippen molar-refractivity contribution in [3.8, 4) is 11.8 Å². The lowest BCUT2D eigenvalue weighted by Gasteiger charge is -2.36. The van der Waals surface area contributed by atoms with Crippen molar-refractivity contribution in [2.45, 2.75) is 17.7 Å². The fourth-order valence-electron chi connectivity index (χ4n) is 3.53. The SMILES string of the molecule is COc1ccc(CCC(=O)N2CCN(c3cccc(S(N)(=O)=O)c3C#N)CC2)cc1. The van der Waals surface area contributed by atoms with Gasteiger partial charge in [0.25, 0.3) is 0 Å². The highest BCUT2D eigenvalue weighted by atomic mass is 32.2. The first-order chi connectivity index (χ1) is 14.3. The summed E-state index contributed by atoms with van der Waals surface area (Å²) in [5, 5.41) is 14.7. The molecule has 0 aromatic heterocycles. The number of ether oxygens (including phenoxy) is 1. The van der Waals surface area contributed by atoms with Crippen LogP contribution in [0.1, 0.15) is 17.5 Å². The number of anilines is 1. The first kappa shape index (κ1) is 21.6. The van der Waals surface area contributed by atoms with Crippen molar-refractivity contribution in [1.29, 1.82) is 5.26 Å². The van der Waals surface area contributed by atoms with Crippen LogP contribution in [0.5, 0.6) is 5.75 Å². The van der Waals surface area contributed by atoms with E-state index in [4.69, 9.17) is 9.88 Å². The number of methoxy groups -OCH3 is 1. The molecular formula is C21H24N4O4S. The minimum Gasteiger partial charge on any atom is -0.497 e. The predicted octanol–water partition coefficient (Wildman–Crippen LogP) is 1.50. The van der Waals surface area contributed by atoms with Crippen LogP contribution in [0.3, 0.4) is 0 Å². The Morgan fingerprint density at radius 3 is 2.37 bits per heavy atom. The van der Waals surface area contributed by atoms with Crippen LogP contribution in [0.2, 0.25) is 0 Å². The topological polar surface area (TPSA) is 117 Å². The molecule has 3 rings (SSSR count). The number of carbonyl (C=O) groups excluding carboxylic acids is 1. The molecule has 1 heterocycles. The number of sulfonamides is 1. The van der Waals surface area contributed by atoms with Crippen molar-refractivity contribution in [3.63, 3.8) is 0 Å². The summed E-state index contributed by atoms with van der Waals surface area (Å²) in [6.45, 7) is 2.03. The summed E-state index contributed by atoms with van der Waals surface area (Å²) in [5.74, 6) is 0.855. The number of hydrogen-bond donors (Lipinski definition) is 1. The molecule has 1 fully saturated rings. The van der Waals surface area contributed by atoms with Crippen LogP contribution in [-0.2, 0) is 21.2 Å². The number of nitriles is 1. The average Bonchev–Trinajstić information content (AvgIpc) is 2.76. The van der Waals surface area contributed by atoms with E-state index in [1.807, 2.05) is 35.2 Å². The highest BCUT2D eigenvalue weighted by Gasteiger charge is 2.25. The molecule has 0 radical (unpaired) electrons. The van der Waals surface area contributed by atoms with Crippen LogP contribution < -0.4 is 14.8 Å². The van der Waals surface area contributed by atoms with E-state index in [-0.39, 0.29) is 16.4 Å². The first-order valence-corrected chi connectivity index (χ1v) is 11.1. The van der Waals surface area contributed by atoms with Gasteiger partial charge in [0.15, 0.2) is 0 Å². The van der Waals surface area contributed by atoms with Crippen LogP contribution in [0, 0.1) is 11.3 Å². The summed E-state index contributed by atoms with van der Waals surface area (Å²) >= 11 is 0. The van der Waals surface area contributed by atoms with E-state index in [0.29, 0.717) is 44.7 Å². The molecule has 2 aromatic carbocycles. The van der Waals surface area contributed by atoms with E-state index in [1.165, 1.54) is 6.07 Å². The highest BCUT2D eigenvalue weighted by molar-refractivity contribution is 7.89. The minimum absolute atomic E-state index is 0.0410. The van der Waals surface area contributed by atoms with Crippen molar-refractivity contribution in [2.75, 3.05) is 38.2 Å². The maximum Gasteiger partial charge on any atom is 0.239 e. The summed E-state index contributed by atoms with van der Waals surface area (Å²) in [4.78, 5) is 16.1. The van der Waals surface area contributed by atoms with E-state index in [1.54, 1.807) is 24.1 Å². The number of benzene rings is 2. The number of nitrogens with zero attached hydrogens (tertiary/aromatic N) is 3. The molecule has 158 valence electrons. The van der Waals surface area contributed by atoms with Gasteiger partial charge in [0.2, 0.25) is 15.9 Å². The smallest absolute Gasteiger partial charge is 0.239 e. The van der Waals surface area contributed by atoms with E-state index in [2.05, 4.69) is 0 Å². The van der Waals surface area contributed by atoms with Gasteiger partial charge in [-0.1, -0.05) is 18.2 Å². The van der Waals surface area contributed by atoms with Gasteiger partial charge in [-0.2, -0.15) is 5.26 Å². The molecule has 0 aliphatic carbocycles. The summed E-state index contributed by atoms with van der Waals surface area (Å²) < 4.78 is 28.7. The quantitative estimate of drug-likeness (QED) is 0.745. The number of carbonyl (C=O) groups is 1. The highest BCUT2D eigenvalue weighted by Crippen LogP contribution is 2.27. The summed E-state index contributed by atoms with van der Waals surface area (Å²) in [5.41, 5.74) is 1.63. The molecule has 1 aliphatic rings. The molecule has 0 spiro atoms. The second kappa shape index (κ2) is 9.15. The molecule has 2 aromatic rings. The van der Waals surface area contributed by atoms with Gasteiger partial charge in [-0.25, -0.2) is 13.6 Å². The van der Waals surface area contributed by atoms with Gasteiger partial charge in [-0.15, -0.1) is 0 Å². The molecule has 30 heavy (non-hydrogen) atoms. The molecule has 0 saturated carbocycles. The number of rotatable bonds is 6. The van der Waals surface area contributed by atoms with Crippen molar-refractivity contribution in [1.82, 2.24) is 4.90 Å². The molecule has 2 N–H and O–H groups in total. The standard InChI is InChI=1S/C21H24N4O4S/c1-29-17-8-5-16(6-9-17)7-10-21(26)25-13-11-24(12-14-25)19-3-2-4-20(18(19)15-22)30(23,27)28/h2-6,8-9H,7,10-14H2,1H3,(H2,23,27,28). The lowest BCUT2D eigenvalue weighted by molar-refractivity contribution is -0.131. The Morgan fingerprint density at radius 1 is 1.13 bits per heavy atom. The lowest BCUT2D eigenvalue weighted by atomic mass is 10.1. The minimum atomic E-state index is -3.99. The zero-order valence-electron chi connectivity index (χ0n) is 16.7. The van der Waals surface area contributed by atoms with Crippen molar-refractivity contribution in [2.24, 2.45) is 5.14 Å². The van der Waals surface area contributed by atoms with Gasteiger partial charge in [0, 0.05) is 32.6 Å². The zero-order chi connectivity index (χ0) is 21.7. The monoisotopic (exact) mass is 428 g/mol. The fourth-order valence-corrected chi connectivity index (χ4v) is 4.23. The Hall–Kier alpha value is -3.09. The van der Waals surface area contributed by atoms with E-state index >= 15 is 0 Å². The van der Waals surface area contributed by atoms with Gasteiger partial charge in [-0.05, 0) is 36.2 Å². The first-order valence-electron chi connectivity index (χ1n) is 9.55. The number of primary sulfonamides is 1. The second-order valence-corrected chi connectivity index (χ2v) is 8.55. The fraction of sp³-hybridized carbons (Fsp3) is 0.333. The zero-order valence-corrected chi connectivity index (χ0v) is 17.6. The molecular weight excluding hydrogens is 404 g/mol. The van der Waals surface area contributed by atoms with Crippen molar-refractivity contribution < 1.29 is 17.9 Å². The van der Waals surface area contributed by atoms with Crippen LogP contribution in [-0.4, -0.2) is 52.5 Å². The third-order valence-corrected chi connectivity index (χ3v) is 6.14. The molecule has 0 bridgehead atoms. The maximum absolute atomic E-state index is 12.6. The third kappa shape index (κ3) is 4.90. The third-order valence-electron chi connectivity index (χ3n) is 5.18. The predicted molar refractivity (Wildman–Crippen MR) is 113 cm³/mol. The van der Waals surface area contributed by atoms with Crippen molar-refractivity contribution >= 4 is 21.6 Å². The molecule has 8 nitrogen and oxygen atoms in total. The largest absolute Gasteiger partial charge is 0.497 e. The van der Waals surface area contributed by atoms with Crippen LogP contribution >= 0.6 is 0 Å². The van der Waals surface area contributed by atoms with Gasteiger partial charge in [0.05, 0.1) is 18.4 Å². The van der Waals surface area contributed by atoms with Gasteiger partial charge < -0.3 is 14.5 Å². The average molecular weight is 429 g/mol. The van der Waals surface area contributed by atoms with E-state index in [0.717, 1.165) is 11.3 Å². The molecule has 1 aliphatic heterocycles. The molecule has 1 amide bonds. The van der Waals surface area contributed by atoms with Gasteiger partial charge in [-0.3, -0.25) is 4.79 Å². The van der Waals surface area contributed by atoms with E-state index < -0.39 is 10.0 Å². The number of hydrogen-bond acceptors (Lipinski definition) is 6. The molecule has 0 unspecified atom stereocenters. The summed E-state index contributed by atoms with van der Waals surface area (Å²) in [6.07, 6.45) is 1.06. The normalized spacial score (nSPS) is 14.3. The van der Waals surface area contributed by atoms with Crippen molar-refractivity contribution in [3.05, 3.63) is 53.6 Å². The number of piperazine rings is 1. The molecule has 1 saturated heterocycles. The second-order valence-electron chi connectivity index (χ2n) is 7.02. The Labute approximate surface area is 176 Å². The Kier molecular flexibility index (Phi) is 6.59. The van der Waals surface area contributed by atoms with Crippen LogP contribution in [0.15, 0.2) is 47.4 Å². The Bertz CT molecular complexity index is 1050. The Balaban J connectivity index is 1.61.